The molecule has 2 heteroatoms. The summed E-state index contributed by atoms with van der Waals surface area (Å²) in [5, 5.41) is 0. The van der Waals surface area contributed by atoms with Crippen LogP contribution in [0.4, 0.5) is 0 Å². The molecule has 140 valence electrons. The minimum atomic E-state index is 0.792. The third kappa shape index (κ3) is 7.27. The fraction of sp³-hybridized carbons (Fsp3) is 0.909. The molecule has 0 N–H and O–H groups in total. The van der Waals surface area contributed by atoms with E-state index in [1.165, 1.54) is 64.2 Å². The normalized spacial score (nSPS) is 31.6. The van der Waals surface area contributed by atoms with E-state index in [1.54, 1.807) is 0 Å². The van der Waals surface area contributed by atoms with Crippen molar-refractivity contribution < 1.29 is 9.47 Å². The molecule has 0 aliphatic heterocycles. The maximum absolute atomic E-state index is 5.84. The lowest BCUT2D eigenvalue weighted by Gasteiger charge is -2.37. The Bertz CT molecular complexity index is 323. The Morgan fingerprint density at radius 2 is 1.33 bits per heavy atom. The summed E-state index contributed by atoms with van der Waals surface area (Å²) in [6.07, 6.45) is 18.0. The zero-order chi connectivity index (χ0) is 17.0. The Balaban J connectivity index is 1.55. The second kappa shape index (κ2) is 12.1. The molecule has 2 fully saturated rings. The predicted molar refractivity (Wildman–Crippen MR) is 102 cm³/mol. The molecule has 2 nitrogen and oxygen atoms in total. The van der Waals surface area contributed by atoms with E-state index in [1.807, 2.05) is 0 Å². The van der Waals surface area contributed by atoms with Crippen LogP contribution in [0.25, 0.3) is 0 Å². The molecule has 0 amide bonds. The molecule has 0 aromatic carbocycles. The summed E-state index contributed by atoms with van der Waals surface area (Å²) in [5.41, 5.74) is 0. The van der Waals surface area contributed by atoms with E-state index in [0.29, 0.717) is 0 Å². The largest absolute Gasteiger partial charge is 0.381 e. The molecule has 2 aliphatic rings. The number of unbranched alkanes of at least 4 members (excludes halogenated alkanes) is 1. The van der Waals surface area contributed by atoms with Crippen LogP contribution in [-0.2, 0) is 9.47 Å². The van der Waals surface area contributed by atoms with Crippen molar-refractivity contribution in [2.24, 2.45) is 23.7 Å². The number of rotatable bonds is 10. The van der Waals surface area contributed by atoms with Gasteiger partial charge in [0, 0.05) is 19.8 Å². The van der Waals surface area contributed by atoms with E-state index in [9.17, 15) is 0 Å². The van der Waals surface area contributed by atoms with Crippen molar-refractivity contribution >= 4 is 0 Å². The standard InChI is InChI=1S/C22H40O2/c1-3-5-15-23-17-19-7-11-21(12-8-19)22-13-9-20(10-14-22)18-24-16-6-4-2/h3,5,19-22H,4,6-18H2,1-2H3. The first-order valence-corrected chi connectivity index (χ1v) is 10.6. The first-order valence-electron chi connectivity index (χ1n) is 10.6. The average Bonchev–Trinajstić information content (AvgIpc) is 2.64. The van der Waals surface area contributed by atoms with E-state index in [4.69, 9.17) is 9.47 Å². The van der Waals surface area contributed by atoms with Gasteiger partial charge in [-0.25, -0.2) is 0 Å². The lowest BCUT2D eigenvalue weighted by molar-refractivity contribution is 0.0548. The monoisotopic (exact) mass is 336 g/mol. The van der Waals surface area contributed by atoms with Crippen molar-refractivity contribution in [1.29, 1.82) is 0 Å². The maximum atomic E-state index is 5.84. The van der Waals surface area contributed by atoms with Gasteiger partial charge in [0.1, 0.15) is 0 Å². The third-order valence-electron chi connectivity index (χ3n) is 6.25. The van der Waals surface area contributed by atoms with Gasteiger partial charge in [0.05, 0.1) is 6.61 Å². The SMILES string of the molecule is CC=CCOCC1CCC(C2CCC(COCCCC)CC2)CC1. The Morgan fingerprint density at radius 3 is 1.83 bits per heavy atom. The second-order valence-corrected chi connectivity index (χ2v) is 8.10. The molecule has 0 radical (unpaired) electrons. The number of ether oxygens (including phenoxy) is 2. The third-order valence-corrected chi connectivity index (χ3v) is 6.25. The molecule has 0 heterocycles. The van der Waals surface area contributed by atoms with Gasteiger partial charge in [-0.2, -0.15) is 0 Å². The van der Waals surface area contributed by atoms with Gasteiger partial charge in [-0.1, -0.05) is 25.5 Å². The molecule has 24 heavy (non-hydrogen) atoms. The lowest BCUT2D eigenvalue weighted by Crippen LogP contribution is -2.28. The number of hydrogen-bond acceptors (Lipinski definition) is 2. The lowest BCUT2D eigenvalue weighted by atomic mass is 9.69. The van der Waals surface area contributed by atoms with E-state index < -0.39 is 0 Å². The van der Waals surface area contributed by atoms with Crippen LogP contribution >= 0.6 is 0 Å². The molecule has 2 saturated carbocycles. The average molecular weight is 337 g/mol. The molecule has 0 bridgehead atoms. The minimum absolute atomic E-state index is 0.792. The highest BCUT2D eigenvalue weighted by Crippen LogP contribution is 2.41. The fourth-order valence-electron chi connectivity index (χ4n) is 4.55. The smallest absolute Gasteiger partial charge is 0.0647 e. The summed E-state index contributed by atoms with van der Waals surface area (Å²) < 4.78 is 11.6. The quantitative estimate of drug-likeness (QED) is 0.359. The number of allylic oxidation sites excluding steroid dienone is 1. The van der Waals surface area contributed by atoms with Gasteiger partial charge in [-0.05, 0) is 88.4 Å². The second-order valence-electron chi connectivity index (χ2n) is 8.10. The number of hydrogen-bond donors (Lipinski definition) is 0. The van der Waals surface area contributed by atoms with Crippen LogP contribution in [0, 0.1) is 23.7 Å². The van der Waals surface area contributed by atoms with Crippen molar-refractivity contribution in [2.45, 2.75) is 78.1 Å². The summed E-state index contributed by atoms with van der Waals surface area (Å²) in [4.78, 5) is 0. The summed E-state index contributed by atoms with van der Waals surface area (Å²) in [6.45, 7) is 8.04. The van der Waals surface area contributed by atoms with E-state index >= 15 is 0 Å². The Hall–Kier alpha value is -0.340. The van der Waals surface area contributed by atoms with Gasteiger partial charge in [0.25, 0.3) is 0 Å². The van der Waals surface area contributed by atoms with Crippen molar-refractivity contribution in [3.8, 4) is 0 Å². The first-order chi connectivity index (χ1) is 11.8. The van der Waals surface area contributed by atoms with Crippen molar-refractivity contribution in [2.75, 3.05) is 26.4 Å². The molecule has 0 aromatic rings. The van der Waals surface area contributed by atoms with E-state index in [2.05, 4.69) is 26.0 Å². The van der Waals surface area contributed by atoms with E-state index in [0.717, 1.165) is 50.1 Å². The van der Waals surface area contributed by atoms with Gasteiger partial charge in [-0.3, -0.25) is 0 Å². The molecule has 2 rings (SSSR count). The highest BCUT2D eigenvalue weighted by molar-refractivity contribution is 4.82. The van der Waals surface area contributed by atoms with Gasteiger partial charge in [0.15, 0.2) is 0 Å². The minimum Gasteiger partial charge on any atom is -0.381 e. The van der Waals surface area contributed by atoms with Gasteiger partial charge >= 0.3 is 0 Å². The molecule has 0 saturated heterocycles. The molecule has 2 aliphatic carbocycles. The van der Waals surface area contributed by atoms with Crippen molar-refractivity contribution in [3.63, 3.8) is 0 Å². The summed E-state index contributed by atoms with van der Waals surface area (Å²) >= 11 is 0. The molecular weight excluding hydrogens is 296 g/mol. The van der Waals surface area contributed by atoms with Gasteiger partial charge in [-0.15, -0.1) is 0 Å². The van der Waals surface area contributed by atoms with Gasteiger partial charge < -0.3 is 9.47 Å². The topological polar surface area (TPSA) is 18.5 Å². The summed E-state index contributed by atoms with van der Waals surface area (Å²) in [5.74, 6) is 3.66. The van der Waals surface area contributed by atoms with Crippen LogP contribution in [0.3, 0.4) is 0 Å². The fourth-order valence-corrected chi connectivity index (χ4v) is 4.55. The highest BCUT2D eigenvalue weighted by Gasteiger charge is 2.30. The molecular formula is C22H40O2. The van der Waals surface area contributed by atoms with Crippen molar-refractivity contribution in [1.82, 2.24) is 0 Å². The Labute approximate surface area is 150 Å². The summed E-state index contributed by atoms with van der Waals surface area (Å²) in [6, 6.07) is 0. The van der Waals surface area contributed by atoms with Crippen LogP contribution in [0.1, 0.15) is 78.1 Å². The summed E-state index contributed by atoms with van der Waals surface area (Å²) in [7, 11) is 0. The first kappa shape index (κ1) is 20.0. The van der Waals surface area contributed by atoms with Crippen LogP contribution in [0.5, 0.6) is 0 Å². The zero-order valence-electron chi connectivity index (χ0n) is 16.2. The van der Waals surface area contributed by atoms with Gasteiger partial charge in [0.2, 0.25) is 0 Å². The molecule has 0 unspecified atom stereocenters. The predicted octanol–water partition coefficient (Wildman–Crippen LogP) is 6.01. The maximum Gasteiger partial charge on any atom is 0.0647 e. The van der Waals surface area contributed by atoms with E-state index in [-0.39, 0.29) is 0 Å². The van der Waals surface area contributed by atoms with Crippen LogP contribution < -0.4 is 0 Å². The van der Waals surface area contributed by atoms with Crippen LogP contribution in [-0.4, -0.2) is 26.4 Å². The molecule has 0 aromatic heterocycles. The highest BCUT2D eigenvalue weighted by atomic mass is 16.5. The Morgan fingerprint density at radius 1 is 0.792 bits per heavy atom. The molecule has 0 spiro atoms. The zero-order valence-corrected chi connectivity index (χ0v) is 16.2. The molecule has 0 atom stereocenters. The Kier molecular flexibility index (Phi) is 10.1. The van der Waals surface area contributed by atoms with Crippen LogP contribution in [0.2, 0.25) is 0 Å². The van der Waals surface area contributed by atoms with Crippen molar-refractivity contribution in [3.05, 3.63) is 12.2 Å². The van der Waals surface area contributed by atoms with Crippen LogP contribution in [0.15, 0.2) is 12.2 Å².